The average Bonchev–Trinajstić information content (AvgIpc) is 2.53. The number of hydrogen-bond donors (Lipinski definition) is 0. The molecule has 22 heavy (non-hydrogen) atoms. The lowest BCUT2D eigenvalue weighted by Gasteiger charge is -1.99. The third-order valence-electron chi connectivity index (χ3n) is 2.70. The van der Waals surface area contributed by atoms with Gasteiger partial charge in [-0.3, -0.25) is 10.1 Å². The first kappa shape index (κ1) is 15.2. The van der Waals surface area contributed by atoms with E-state index in [-0.39, 0.29) is 11.4 Å². The molecular formula is C17H13NO4. The van der Waals surface area contributed by atoms with Crippen LogP contribution >= 0.6 is 0 Å². The molecular weight excluding hydrogens is 282 g/mol. The molecule has 0 saturated carbocycles. The number of hydrogen-bond acceptors (Lipinski definition) is 4. The highest BCUT2D eigenvalue weighted by molar-refractivity contribution is 5.84. The fourth-order valence-corrected chi connectivity index (χ4v) is 1.65. The fraction of sp³-hybridized carbons (Fsp3) is 0. The number of carbonyl (C=O) groups excluding carboxylic acids is 1. The van der Waals surface area contributed by atoms with Gasteiger partial charge in [-0.25, -0.2) is 4.79 Å². The van der Waals surface area contributed by atoms with Crippen LogP contribution in [0.1, 0.15) is 5.56 Å². The molecule has 5 heteroatoms. The van der Waals surface area contributed by atoms with E-state index in [9.17, 15) is 14.9 Å². The predicted molar refractivity (Wildman–Crippen MR) is 83.3 cm³/mol. The van der Waals surface area contributed by atoms with Crippen LogP contribution in [0.15, 0.2) is 72.8 Å². The minimum absolute atomic E-state index is 0.0545. The number of nitrogens with zero attached hydrogens (tertiary/aromatic N) is 1. The zero-order valence-electron chi connectivity index (χ0n) is 11.6. The van der Waals surface area contributed by atoms with E-state index >= 15 is 0 Å². The Balaban J connectivity index is 1.88. The maximum absolute atomic E-state index is 11.6. The van der Waals surface area contributed by atoms with Crippen LogP contribution in [0.5, 0.6) is 5.75 Å². The molecule has 0 spiro atoms. The van der Waals surface area contributed by atoms with E-state index in [0.717, 1.165) is 5.56 Å². The van der Waals surface area contributed by atoms with Gasteiger partial charge < -0.3 is 4.74 Å². The first-order valence-corrected chi connectivity index (χ1v) is 6.51. The Morgan fingerprint density at radius 1 is 1.00 bits per heavy atom. The number of non-ortho nitro benzene ring substituents is 1. The summed E-state index contributed by atoms with van der Waals surface area (Å²) in [5, 5.41) is 10.5. The lowest BCUT2D eigenvalue weighted by molar-refractivity contribution is -0.384. The summed E-state index contributed by atoms with van der Waals surface area (Å²) in [5.41, 5.74) is 0.969. The molecule has 0 N–H and O–H groups in total. The van der Waals surface area contributed by atoms with Gasteiger partial charge in [-0.05, 0) is 17.7 Å². The molecule has 110 valence electrons. The van der Waals surface area contributed by atoms with Gasteiger partial charge in [0.15, 0.2) is 0 Å². The summed E-state index contributed by atoms with van der Waals surface area (Å²) in [6.07, 6.45) is 6.43. The molecule has 2 aromatic carbocycles. The average molecular weight is 295 g/mol. The molecule has 0 aliphatic carbocycles. The topological polar surface area (TPSA) is 69.4 Å². The number of allylic oxidation sites excluding steroid dienone is 2. The minimum atomic E-state index is -0.549. The first-order chi connectivity index (χ1) is 10.6. The van der Waals surface area contributed by atoms with Gasteiger partial charge >= 0.3 is 5.97 Å². The van der Waals surface area contributed by atoms with Crippen LogP contribution in [0, 0.1) is 10.1 Å². The van der Waals surface area contributed by atoms with Crippen LogP contribution in [0.4, 0.5) is 5.69 Å². The number of benzene rings is 2. The molecule has 0 atom stereocenters. The Morgan fingerprint density at radius 3 is 2.32 bits per heavy atom. The quantitative estimate of drug-likeness (QED) is 0.210. The molecule has 0 aliphatic rings. The standard InChI is InChI=1S/C17H13NO4/c19-17(9-5-4-8-14-6-2-1-3-7-14)22-16-12-10-15(11-13-16)18(20)21/h1-13H/b8-4+,9-5+. The Hall–Kier alpha value is -3.21. The SMILES string of the molecule is O=C(/C=C/C=C/c1ccccc1)Oc1ccc([N+](=O)[O-])cc1. The normalized spacial score (nSPS) is 10.9. The Morgan fingerprint density at radius 2 is 1.68 bits per heavy atom. The van der Waals surface area contributed by atoms with Gasteiger partial charge in [0.05, 0.1) is 4.92 Å². The van der Waals surface area contributed by atoms with Crippen molar-refractivity contribution in [2.24, 2.45) is 0 Å². The summed E-state index contributed by atoms with van der Waals surface area (Å²) in [6, 6.07) is 15.0. The molecule has 0 saturated heterocycles. The van der Waals surface area contributed by atoms with Crippen molar-refractivity contribution in [3.05, 3.63) is 88.5 Å². The summed E-state index contributed by atoms with van der Waals surface area (Å²) in [6.45, 7) is 0. The van der Waals surface area contributed by atoms with E-state index in [1.807, 2.05) is 36.4 Å². The monoisotopic (exact) mass is 295 g/mol. The van der Waals surface area contributed by atoms with E-state index in [4.69, 9.17) is 4.74 Å². The minimum Gasteiger partial charge on any atom is -0.423 e. The molecule has 0 amide bonds. The summed E-state index contributed by atoms with van der Waals surface area (Å²) < 4.78 is 5.02. The molecule has 0 fully saturated rings. The summed E-state index contributed by atoms with van der Waals surface area (Å²) >= 11 is 0. The second-order valence-electron chi connectivity index (χ2n) is 4.30. The number of esters is 1. The van der Waals surface area contributed by atoms with Gasteiger partial charge in [-0.15, -0.1) is 0 Å². The van der Waals surface area contributed by atoms with Crippen molar-refractivity contribution < 1.29 is 14.5 Å². The summed E-state index contributed by atoms with van der Waals surface area (Å²) in [4.78, 5) is 21.6. The van der Waals surface area contributed by atoms with Crippen molar-refractivity contribution in [1.29, 1.82) is 0 Å². The van der Waals surface area contributed by atoms with E-state index < -0.39 is 10.9 Å². The van der Waals surface area contributed by atoms with Crippen molar-refractivity contribution in [1.82, 2.24) is 0 Å². The Labute approximate surface area is 127 Å². The van der Waals surface area contributed by atoms with E-state index in [1.54, 1.807) is 12.2 Å². The zero-order chi connectivity index (χ0) is 15.8. The molecule has 0 radical (unpaired) electrons. The van der Waals surface area contributed by atoms with Gasteiger partial charge in [0.25, 0.3) is 5.69 Å². The smallest absolute Gasteiger partial charge is 0.336 e. The van der Waals surface area contributed by atoms with Gasteiger partial charge in [0.2, 0.25) is 0 Å². The van der Waals surface area contributed by atoms with Crippen molar-refractivity contribution in [2.75, 3.05) is 0 Å². The van der Waals surface area contributed by atoms with Crippen LogP contribution < -0.4 is 4.74 Å². The van der Waals surface area contributed by atoms with Crippen molar-refractivity contribution in [3.8, 4) is 5.75 Å². The molecule has 0 aliphatic heterocycles. The van der Waals surface area contributed by atoms with Crippen molar-refractivity contribution in [3.63, 3.8) is 0 Å². The van der Waals surface area contributed by atoms with E-state index in [2.05, 4.69) is 0 Å². The van der Waals surface area contributed by atoms with Crippen LogP contribution in [0.2, 0.25) is 0 Å². The maximum atomic E-state index is 11.6. The number of nitro groups is 1. The third kappa shape index (κ3) is 4.72. The molecule has 5 nitrogen and oxygen atoms in total. The molecule has 0 unspecified atom stereocenters. The van der Waals surface area contributed by atoms with Gasteiger partial charge in [-0.1, -0.05) is 48.6 Å². The van der Waals surface area contributed by atoms with Crippen molar-refractivity contribution in [2.45, 2.75) is 0 Å². The van der Waals surface area contributed by atoms with Crippen molar-refractivity contribution >= 4 is 17.7 Å². The first-order valence-electron chi connectivity index (χ1n) is 6.51. The molecule has 2 rings (SSSR count). The Bertz CT molecular complexity index is 703. The second kappa shape index (κ2) is 7.54. The van der Waals surface area contributed by atoms with Crippen LogP contribution in [0.3, 0.4) is 0 Å². The van der Waals surface area contributed by atoms with Crippen LogP contribution in [-0.2, 0) is 4.79 Å². The number of nitro benzene ring substituents is 1. The van der Waals surface area contributed by atoms with Crippen LogP contribution in [-0.4, -0.2) is 10.9 Å². The van der Waals surface area contributed by atoms with Crippen LogP contribution in [0.25, 0.3) is 6.08 Å². The maximum Gasteiger partial charge on any atom is 0.336 e. The Kier molecular flexibility index (Phi) is 5.20. The predicted octanol–water partition coefficient (Wildman–Crippen LogP) is 3.77. The summed E-state index contributed by atoms with van der Waals surface area (Å²) in [7, 11) is 0. The van der Waals surface area contributed by atoms with Gasteiger partial charge in [-0.2, -0.15) is 0 Å². The third-order valence-corrected chi connectivity index (χ3v) is 2.70. The zero-order valence-corrected chi connectivity index (χ0v) is 11.6. The summed E-state index contributed by atoms with van der Waals surface area (Å²) in [5.74, 6) is -0.293. The number of ether oxygens (including phenoxy) is 1. The van der Waals surface area contributed by atoms with E-state index in [0.29, 0.717) is 0 Å². The van der Waals surface area contributed by atoms with Gasteiger partial charge in [0, 0.05) is 18.2 Å². The largest absolute Gasteiger partial charge is 0.423 e. The molecule has 0 aromatic heterocycles. The second-order valence-corrected chi connectivity index (χ2v) is 4.30. The lowest BCUT2D eigenvalue weighted by Crippen LogP contribution is -2.03. The number of rotatable bonds is 5. The lowest BCUT2D eigenvalue weighted by atomic mass is 10.2. The molecule has 2 aromatic rings. The highest BCUT2D eigenvalue weighted by Crippen LogP contribution is 2.17. The fourth-order valence-electron chi connectivity index (χ4n) is 1.65. The highest BCUT2D eigenvalue weighted by atomic mass is 16.6. The molecule has 0 heterocycles. The highest BCUT2D eigenvalue weighted by Gasteiger charge is 2.05. The molecule has 0 bridgehead atoms. The number of carbonyl (C=O) groups is 1. The van der Waals surface area contributed by atoms with E-state index in [1.165, 1.54) is 30.3 Å². The van der Waals surface area contributed by atoms with Gasteiger partial charge in [0.1, 0.15) is 5.75 Å².